The van der Waals surface area contributed by atoms with Gasteiger partial charge in [0, 0.05) is 25.7 Å². The molecule has 1 heterocycles. The predicted molar refractivity (Wildman–Crippen MR) is 98.4 cm³/mol. The van der Waals surface area contributed by atoms with Crippen LogP contribution in [0.15, 0.2) is 0 Å². The highest BCUT2D eigenvalue weighted by molar-refractivity contribution is 5.79. The number of nitrogens with zero attached hydrogens (tertiary/aromatic N) is 2. The van der Waals surface area contributed by atoms with Gasteiger partial charge in [-0.1, -0.05) is 19.3 Å². The highest BCUT2D eigenvalue weighted by Gasteiger charge is 2.28. The summed E-state index contributed by atoms with van der Waals surface area (Å²) in [6, 6.07) is 0.723. The minimum absolute atomic E-state index is 0.0781. The van der Waals surface area contributed by atoms with E-state index in [-0.39, 0.29) is 17.9 Å². The average molecular weight is 354 g/mol. The molecule has 6 heteroatoms. The van der Waals surface area contributed by atoms with Gasteiger partial charge in [0.2, 0.25) is 5.91 Å². The van der Waals surface area contributed by atoms with E-state index in [2.05, 4.69) is 17.3 Å². The normalized spacial score (nSPS) is 22.0. The Bertz CT molecular complexity index is 424. The predicted octanol–water partition coefficient (Wildman–Crippen LogP) is 2.63. The number of hydrogen-bond acceptors (Lipinski definition) is 4. The number of amides is 2. The van der Waals surface area contributed by atoms with Gasteiger partial charge in [-0.2, -0.15) is 0 Å². The second kappa shape index (κ2) is 10.6. The third kappa shape index (κ3) is 6.49. The molecule has 144 valence electrons. The Labute approximate surface area is 152 Å². The second-order valence-electron chi connectivity index (χ2n) is 7.40. The monoisotopic (exact) mass is 353 g/mol. The number of piperidine rings is 1. The van der Waals surface area contributed by atoms with Crippen LogP contribution in [-0.4, -0.2) is 67.7 Å². The van der Waals surface area contributed by atoms with Gasteiger partial charge in [-0.25, -0.2) is 4.79 Å². The summed E-state index contributed by atoms with van der Waals surface area (Å²) in [6.07, 6.45) is 9.11. The largest absolute Gasteiger partial charge is 0.450 e. The van der Waals surface area contributed by atoms with Crippen molar-refractivity contribution in [3.05, 3.63) is 0 Å². The van der Waals surface area contributed by atoms with E-state index in [9.17, 15) is 9.59 Å². The van der Waals surface area contributed by atoms with Crippen LogP contribution in [0.3, 0.4) is 0 Å². The van der Waals surface area contributed by atoms with E-state index in [1.165, 1.54) is 32.1 Å². The maximum absolute atomic E-state index is 12.4. The van der Waals surface area contributed by atoms with Crippen molar-refractivity contribution in [2.75, 3.05) is 39.8 Å². The molecule has 6 nitrogen and oxygen atoms in total. The summed E-state index contributed by atoms with van der Waals surface area (Å²) in [7, 11) is 2.20. The van der Waals surface area contributed by atoms with Gasteiger partial charge in [0.25, 0.3) is 0 Å². The second-order valence-corrected chi connectivity index (χ2v) is 7.40. The molecular weight excluding hydrogens is 318 g/mol. The van der Waals surface area contributed by atoms with E-state index in [1.54, 1.807) is 11.8 Å². The van der Waals surface area contributed by atoms with Crippen molar-refractivity contribution in [2.24, 2.45) is 5.92 Å². The van der Waals surface area contributed by atoms with Crippen molar-refractivity contribution in [3.8, 4) is 0 Å². The van der Waals surface area contributed by atoms with E-state index >= 15 is 0 Å². The number of hydrogen-bond donors (Lipinski definition) is 1. The molecular formula is C19H35N3O3. The van der Waals surface area contributed by atoms with Crippen LogP contribution in [0.2, 0.25) is 0 Å². The molecule has 1 aliphatic heterocycles. The number of likely N-dealkylation sites (tertiary alicyclic amines) is 1. The first-order valence-electron chi connectivity index (χ1n) is 10.0. The highest BCUT2D eigenvalue weighted by atomic mass is 16.6. The highest BCUT2D eigenvalue weighted by Crippen LogP contribution is 2.21. The molecule has 1 saturated heterocycles. The van der Waals surface area contributed by atoms with Gasteiger partial charge in [0.15, 0.2) is 0 Å². The maximum Gasteiger partial charge on any atom is 0.409 e. The molecule has 0 aromatic rings. The lowest BCUT2D eigenvalue weighted by atomic mass is 9.94. The van der Waals surface area contributed by atoms with Crippen LogP contribution in [0.25, 0.3) is 0 Å². The molecule has 1 N–H and O–H groups in total. The molecule has 0 aromatic heterocycles. The van der Waals surface area contributed by atoms with Crippen LogP contribution in [0.5, 0.6) is 0 Å². The Morgan fingerprint density at radius 1 is 1.16 bits per heavy atom. The topological polar surface area (TPSA) is 61.9 Å². The third-order valence-electron chi connectivity index (χ3n) is 5.50. The molecule has 1 saturated carbocycles. The quantitative estimate of drug-likeness (QED) is 0.715. The third-order valence-corrected chi connectivity index (χ3v) is 5.50. The van der Waals surface area contributed by atoms with Crippen LogP contribution in [0.1, 0.15) is 58.3 Å². The number of carbonyl (C=O) groups excluding carboxylic acids is 2. The molecule has 2 fully saturated rings. The maximum atomic E-state index is 12.4. The van der Waals surface area contributed by atoms with E-state index in [1.807, 2.05) is 0 Å². The van der Waals surface area contributed by atoms with Crippen LogP contribution < -0.4 is 5.32 Å². The summed E-state index contributed by atoms with van der Waals surface area (Å²) in [6.45, 7) is 5.09. The molecule has 1 aliphatic carbocycles. The van der Waals surface area contributed by atoms with Gasteiger partial charge in [-0.15, -0.1) is 0 Å². The van der Waals surface area contributed by atoms with Crippen LogP contribution in [0.4, 0.5) is 4.79 Å². The van der Waals surface area contributed by atoms with Gasteiger partial charge in [0.05, 0.1) is 12.5 Å². The van der Waals surface area contributed by atoms with Gasteiger partial charge in [-0.05, 0) is 52.6 Å². The van der Waals surface area contributed by atoms with Crippen molar-refractivity contribution in [3.63, 3.8) is 0 Å². The van der Waals surface area contributed by atoms with Crippen LogP contribution >= 0.6 is 0 Å². The molecule has 0 aromatic carbocycles. The molecule has 2 amide bonds. The Balaban J connectivity index is 1.63. The van der Waals surface area contributed by atoms with Crippen molar-refractivity contribution in [1.82, 2.24) is 15.1 Å². The zero-order valence-electron chi connectivity index (χ0n) is 16.0. The number of rotatable bonds is 7. The lowest BCUT2D eigenvalue weighted by molar-refractivity contribution is -0.126. The first-order chi connectivity index (χ1) is 12.1. The van der Waals surface area contributed by atoms with Gasteiger partial charge in [-0.3, -0.25) is 4.79 Å². The average Bonchev–Trinajstić information content (AvgIpc) is 2.66. The van der Waals surface area contributed by atoms with E-state index in [0.717, 1.165) is 31.8 Å². The molecule has 1 unspecified atom stereocenters. The molecule has 0 bridgehead atoms. The Morgan fingerprint density at radius 3 is 2.64 bits per heavy atom. The van der Waals surface area contributed by atoms with Gasteiger partial charge in [0.1, 0.15) is 0 Å². The Kier molecular flexibility index (Phi) is 8.52. The van der Waals surface area contributed by atoms with Crippen molar-refractivity contribution in [1.29, 1.82) is 0 Å². The van der Waals surface area contributed by atoms with Crippen molar-refractivity contribution >= 4 is 12.0 Å². The van der Waals surface area contributed by atoms with Crippen molar-refractivity contribution in [2.45, 2.75) is 64.3 Å². The van der Waals surface area contributed by atoms with Crippen LogP contribution in [-0.2, 0) is 9.53 Å². The standard InChI is InChI=1S/C19H35N3O3/c1-3-25-19(24)22-14-7-9-16(15-22)18(23)20-12-8-13-21(2)17-10-5-4-6-11-17/h16-17H,3-15H2,1-2H3,(H,20,23). The molecule has 2 aliphatic rings. The number of carbonyl (C=O) groups is 2. The lowest BCUT2D eigenvalue weighted by Crippen LogP contribution is -2.46. The van der Waals surface area contributed by atoms with Crippen molar-refractivity contribution < 1.29 is 14.3 Å². The summed E-state index contributed by atoms with van der Waals surface area (Å²) in [5, 5.41) is 3.06. The van der Waals surface area contributed by atoms with E-state index < -0.39 is 0 Å². The Morgan fingerprint density at radius 2 is 1.92 bits per heavy atom. The van der Waals surface area contributed by atoms with E-state index in [0.29, 0.717) is 26.2 Å². The number of ether oxygens (including phenoxy) is 1. The lowest BCUT2D eigenvalue weighted by Gasteiger charge is -2.32. The fourth-order valence-electron chi connectivity index (χ4n) is 3.96. The summed E-state index contributed by atoms with van der Waals surface area (Å²) >= 11 is 0. The summed E-state index contributed by atoms with van der Waals surface area (Å²) in [5.41, 5.74) is 0. The first-order valence-corrected chi connectivity index (χ1v) is 10.0. The van der Waals surface area contributed by atoms with Gasteiger partial charge >= 0.3 is 6.09 Å². The SMILES string of the molecule is CCOC(=O)N1CCCC(C(=O)NCCCN(C)C2CCCCC2)C1. The number of nitrogens with one attached hydrogen (secondary N) is 1. The zero-order chi connectivity index (χ0) is 18.1. The Hall–Kier alpha value is -1.30. The fourth-order valence-corrected chi connectivity index (χ4v) is 3.96. The molecule has 25 heavy (non-hydrogen) atoms. The summed E-state index contributed by atoms with van der Waals surface area (Å²) < 4.78 is 5.04. The molecule has 2 rings (SSSR count). The summed E-state index contributed by atoms with van der Waals surface area (Å²) in [4.78, 5) is 28.3. The molecule has 0 spiro atoms. The van der Waals surface area contributed by atoms with Gasteiger partial charge < -0.3 is 19.9 Å². The van der Waals surface area contributed by atoms with Crippen LogP contribution in [0, 0.1) is 5.92 Å². The first kappa shape index (κ1) is 20.0. The fraction of sp³-hybridized carbons (Fsp3) is 0.895. The molecule has 0 radical (unpaired) electrons. The van der Waals surface area contributed by atoms with E-state index in [4.69, 9.17) is 4.74 Å². The minimum atomic E-state index is -0.297. The molecule has 1 atom stereocenters. The summed E-state index contributed by atoms with van der Waals surface area (Å²) in [5.74, 6) is -0.0245. The zero-order valence-corrected chi connectivity index (χ0v) is 16.0. The minimum Gasteiger partial charge on any atom is -0.450 e. The smallest absolute Gasteiger partial charge is 0.409 e.